The maximum Gasteiger partial charge on any atom is 0.405 e. The van der Waals surface area contributed by atoms with Crippen LogP contribution in [0.4, 0.5) is 4.79 Å². The first-order chi connectivity index (χ1) is 13.7. The van der Waals surface area contributed by atoms with E-state index in [9.17, 15) is 14.4 Å². The Morgan fingerprint density at radius 1 is 1.24 bits per heavy atom. The van der Waals surface area contributed by atoms with Gasteiger partial charge in [0.05, 0.1) is 16.0 Å². The van der Waals surface area contributed by atoms with Gasteiger partial charge in [0.15, 0.2) is 0 Å². The highest BCUT2D eigenvalue weighted by Crippen LogP contribution is 2.61. The first-order valence-electron chi connectivity index (χ1n) is 10.1. The van der Waals surface area contributed by atoms with E-state index in [1.165, 1.54) is 10.6 Å². The minimum absolute atomic E-state index is 0.0207. The lowest BCUT2D eigenvalue weighted by Gasteiger charge is -2.46. The second-order valence-corrected chi connectivity index (χ2v) is 9.70. The zero-order valence-electron chi connectivity index (χ0n) is 16.4. The van der Waals surface area contributed by atoms with Crippen LogP contribution in [0.3, 0.4) is 0 Å². The summed E-state index contributed by atoms with van der Waals surface area (Å²) in [5.74, 6) is 0.624. The molecule has 4 aliphatic carbocycles. The highest BCUT2D eigenvalue weighted by atomic mass is 79.9. The zero-order valence-corrected chi connectivity index (χ0v) is 18.0. The highest BCUT2D eigenvalue weighted by molar-refractivity contribution is 9.10. The van der Waals surface area contributed by atoms with Gasteiger partial charge in [0, 0.05) is 30.9 Å². The lowest BCUT2D eigenvalue weighted by Crippen LogP contribution is -2.60. The summed E-state index contributed by atoms with van der Waals surface area (Å²) >= 11 is 3.44. The quantitative estimate of drug-likeness (QED) is 0.616. The summed E-state index contributed by atoms with van der Waals surface area (Å²) in [6, 6.07) is 1.61. The first-order valence-corrected chi connectivity index (χ1v) is 10.8. The second kappa shape index (κ2) is 7.34. The van der Waals surface area contributed by atoms with Crippen LogP contribution in [0.15, 0.2) is 21.5 Å². The van der Waals surface area contributed by atoms with Crippen LogP contribution in [0.2, 0.25) is 0 Å². The fourth-order valence-electron chi connectivity index (χ4n) is 5.24. The van der Waals surface area contributed by atoms with Crippen LogP contribution in [-0.2, 0) is 11.8 Å². The van der Waals surface area contributed by atoms with Crippen LogP contribution >= 0.6 is 15.9 Å². The van der Waals surface area contributed by atoms with E-state index in [0.29, 0.717) is 18.6 Å². The van der Waals surface area contributed by atoms with E-state index in [0.717, 1.165) is 43.0 Å². The molecule has 0 spiro atoms. The van der Waals surface area contributed by atoms with E-state index >= 15 is 0 Å². The maximum atomic E-state index is 12.8. The number of hydrogen-bond acceptors (Lipinski definition) is 4. The van der Waals surface area contributed by atoms with E-state index in [2.05, 4.69) is 26.6 Å². The van der Waals surface area contributed by atoms with Gasteiger partial charge in [-0.1, -0.05) is 0 Å². The number of nitrogens with zero attached hydrogens (tertiary/aromatic N) is 1. The van der Waals surface area contributed by atoms with Gasteiger partial charge < -0.3 is 25.0 Å². The Hall–Kier alpha value is -2.03. The molecular formula is C20H26BrN3O5. The van der Waals surface area contributed by atoms with Crippen molar-refractivity contribution in [2.75, 3.05) is 0 Å². The normalized spacial score (nSPS) is 32.9. The van der Waals surface area contributed by atoms with E-state index in [-0.39, 0.29) is 23.6 Å². The largest absolute Gasteiger partial charge is 0.489 e. The van der Waals surface area contributed by atoms with Crippen LogP contribution in [0.5, 0.6) is 5.75 Å². The molecule has 0 atom stereocenters. The number of nitrogens with one attached hydrogen (secondary N) is 2. The number of fused-ring (bicyclic) bond motifs is 1. The van der Waals surface area contributed by atoms with Gasteiger partial charge in [-0.05, 0) is 67.3 Å². The van der Waals surface area contributed by atoms with Crippen molar-refractivity contribution in [2.45, 2.75) is 69.1 Å². The Balaban J connectivity index is 1.27. The molecule has 158 valence electrons. The maximum absolute atomic E-state index is 12.8. The second-order valence-electron chi connectivity index (χ2n) is 8.84. The Labute approximate surface area is 177 Å². The molecule has 4 fully saturated rings. The number of carbonyl (C=O) groups is 2. The van der Waals surface area contributed by atoms with Gasteiger partial charge in [-0.3, -0.25) is 9.59 Å². The van der Waals surface area contributed by atoms with Gasteiger partial charge in [0.1, 0.15) is 5.75 Å². The molecule has 0 saturated heterocycles. The number of amides is 2. The predicted molar refractivity (Wildman–Crippen MR) is 109 cm³/mol. The highest BCUT2D eigenvalue weighted by Gasteiger charge is 2.65. The smallest absolute Gasteiger partial charge is 0.405 e. The summed E-state index contributed by atoms with van der Waals surface area (Å²) in [4.78, 5) is 35.6. The Kier molecular flexibility index (Phi) is 5.13. The summed E-state index contributed by atoms with van der Waals surface area (Å²) in [5, 5.41) is 14.8. The third-order valence-electron chi connectivity index (χ3n) is 6.74. The summed E-state index contributed by atoms with van der Waals surface area (Å²) in [6.45, 7) is 0. The molecule has 4 aliphatic rings. The molecule has 1 heterocycles. The zero-order chi connectivity index (χ0) is 20.8. The molecule has 5 rings (SSSR count). The fourth-order valence-corrected chi connectivity index (χ4v) is 5.76. The number of carboxylic acid groups (broad SMARTS) is 1. The minimum Gasteiger partial charge on any atom is -0.489 e. The Morgan fingerprint density at radius 3 is 2.59 bits per heavy atom. The van der Waals surface area contributed by atoms with E-state index in [4.69, 9.17) is 9.84 Å². The summed E-state index contributed by atoms with van der Waals surface area (Å²) < 4.78 is 8.26. The summed E-state index contributed by atoms with van der Waals surface area (Å²) in [6.07, 6.45) is 6.67. The summed E-state index contributed by atoms with van der Waals surface area (Å²) in [7, 11) is 1.69. The van der Waals surface area contributed by atoms with Crippen molar-refractivity contribution in [2.24, 2.45) is 12.5 Å². The molecule has 0 unspecified atom stereocenters. The van der Waals surface area contributed by atoms with E-state index in [1.807, 2.05) is 0 Å². The average molecular weight is 468 g/mol. The van der Waals surface area contributed by atoms with Crippen LogP contribution in [-0.4, -0.2) is 39.4 Å². The van der Waals surface area contributed by atoms with Crippen LogP contribution < -0.4 is 20.9 Å². The van der Waals surface area contributed by atoms with Crippen LogP contribution in [0.1, 0.15) is 51.4 Å². The molecule has 0 radical (unpaired) electrons. The molecule has 29 heavy (non-hydrogen) atoms. The molecule has 1 aromatic rings. The Morgan fingerprint density at radius 2 is 1.93 bits per heavy atom. The third-order valence-corrected chi connectivity index (χ3v) is 7.33. The van der Waals surface area contributed by atoms with Crippen molar-refractivity contribution < 1.29 is 19.4 Å². The van der Waals surface area contributed by atoms with E-state index < -0.39 is 17.0 Å². The molecule has 4 saturated carbocycles. The monoisotopic (exact) mass is 467 g/mol. The van der Waals surface area contributed by atoms with E-state index in [1.54, 1.807) is 13.2 Å². The predicted octanol–water partition coefficient (Wildman–Crippen LogP) is 2.53. The number of halogens is 1. The number of aryl methyl sites for hydroxylation is 1. The van der Waals surface area contributed by atoms with Gasteiger partial charge in [0.2, 0.25) is 5.91 Å². The minimum atomic E-state index is -1.01. The molecule has 9 heteroatoms. The molecule has 0 aromatic carbocycles. The number of pyridine rings is 1. The molecular weight excluding hydrogens is 442 g/mol. The van der Waals surface area contributed by atoms with Crippen molar-refractivity contribution in [3.63, 3.8) is 0 Å². The third kappa shape index (κ3) is 3.89. The Bertz CT molecular complexity index is 885. The number of ether oxygens (including phenoxy) is 1. The topological polar surface area (TPSA) is 110 Å². The van der Waals surface area contributed by atoms with Gasteiger partial charge >= 0.3 is 6.09 Å². The molecule has 1 aromatic heterocycles. The van der Waals surface area contributed by atoms with Crippen molar-refractivity contribution in [1.29, 1.82) is 0 Å². The molecule has 2 amide bonds. The van der Waals surface area contributed by atoms with Crippen molar-refractivity contribution in [1.82, 2.24) is 15.2 Å². The fraction of sp³-hybridized carbons (Fsp3) is 0.650. The van der Waals surface area contributed by atoms with Crippen LogP contribution in [0, 0.1) is 5.41 Å². The van der Waals surface area contributed by atoms with Crippen molar-refractivity contribution >= 4 is 27.9 Å². The van der Waals surface area contributed by atoms with Gasteiger partial charge in [-0.2, -0.15) is 0 Å². The van der Waals surface area contributed by atoms with Crippen molar-refractivity contribution in [3.05, 3.63) is 27.1 Å². The lowest BCUT2D eigenvalue weighted by atomic mass is 9.64. The average Bonchev–Trinajstić information content (AvgIpc) is 3.17. The molecule has 2 bridgehead atoms. The number of carbonyl (C=O) groups excluding carboxylic acids is 1. The number of hydrogen-bond donors (Lipinski definition) is 3. The summed E-state index contributed by atoms with van der Waals surface area (Å²) in [5.41, 5.74) is -0.909. The lowest BCUT2D eigenvalue weighted by molar-refractivity contribution is -0.137. The SMILES string of the molecule is Cn1cc(Br)c(O[C@H]2CC[C@H](NC(=O)C34CCC(NC(=O)O)(C3)C4)CC2)cc1=O. The van der Waals surface area contributed by atoms with Gasteiger partial charge in [-0.25, -0.2) is 4.79 Å². The molecule has 8 nitrogen and oxygen atoms in total. The first kappa shape index (κ1) is 20.3. The standard InChI is InChI=1S/C20H26BrN3O5/c1-24-9-14(21)15(8-16(24)25)29-13-4-2-12(3-5-13)22-17(26)19-6-7-20(10-19,11-19)23-18(27)28/h8-9,12-13,23H,2-7,10-11H2,1H3,(H,22,26)(H,27,28)/t12-,13-,19?,20?. The van der Waals surface area contributed by atoms with Crippen molar-refractivity contribution in [3.8, 4) is 5.75 Å². The number of aromatic nitrogens is 1. The van der Waals surface area contributed by atoms with Gasteiger partial charge in [-0.15, -0.1) is 0 Å². The molecule has 0 aliphatic heterocycles. The molecule has 3 N–H and O–H groups in total. The van der Waals surface area contributed by atoms with Gasteiger partial charge in [0.25, 0.3) is 5.56 Å². The van der Waals surface area contributed by atoms with Crippen LogP contribution in [0.25, 0.3) is 0 Å². The number of rotatable bonds is 5.